The quantitative estimate of drug-likeness (QED) is 0.583. The van der Waals surface area contributed by atoms with Crippen LogP contribution in [-0.4, -0.2) is 11.9 Å². The fourth-order valence-corrected chi connectivity index (χ4v) is 3.32. The van der Waals surface area contributed by atoms with E-state index < -0.39 is 23.8 Å². The maximum Gasteiger partial charge on any atom is 0.412 e. The average Bonchev–Trinajstić information content (AvgIpc) is 3.09. The lowest BCUT2D eigenvalue weighted by molar-refractivity contribution is 0.102. The van der Waals surface area contributed by atoms with Crippen LogP contribution in [0, 0.1) is 11.6 Å². The first-order valence-electron chi connectivity index (χ1n) is 8.01. The molecule has 0 saturated carbocycles. The minimum absolute atomic E-state index is 0.136. The van der Waals surface area contributed by atoms with Gasteiger partial charge in [0.25, 0.3) is 0 Å². The number of amides is 1. The summed E-state index contributed by atoms with van der Waals surface area (Å²) in [5.41, 5.74) is 0.869. The van der Waals surface area contributed by atoms with E-state index in [0.717, 1.165) is 0 Å². The summed E-state index contributed by atoms with van der Waals surface area (Å²) < 4.78 is 32.9. The van der Waals surface area contributed by atoms with Crippen LogP contribution in [0.25, 0.3) is 0 Å². The number of halogens is 2. The normalized spacial score (nSPS) is 11.7. The van der Waals surface area contributed by atoms with E-state index in [9.17, 15) is 18.4 Å². The van der Waals surface area contributed by atoms with Crippen molar-refractivity contribution in [1.82, 2.24) is 0 Å². The first kappa shape index (κ1) is 18.7. The molecule has 1 atom stereocenters. The lowest BCUT2D eigenvalue weighted by Crippen LogP contribution is -2.19. The number of thiophene rings is 1. The molecule has 4 nitrogen and oxygen atoms in total. The Morgan fingerprint density at radius 2 is 1.74 bits per heavy atom. The molecule has 0 aliphatic rings. The molecule has 138 valence electrons. The molecule has 3 rings (SSSR count). The Morgan fingerprint density at radius 1 is 1.04 bits per heavy atom. The van der Waals surface area contributed by atoms with Crippen LogP contribution in [0.4, 0.5) is 19.3 Å². The van der Waals surface area contributed by atoms with Crippen LogP contribution in [0.3, 0.4) is 0 Å². The molecule has 27 heavy (non-hydrogen) atoms. The highest BCUT2D eigenvalue weighted by molar-refractivity contribution is 7.12. The number of nitrogens with one attached hydrogen (secondary N) is 1. The Hall–Kier alpha value is -3.06. The number of rotatable bonds is 5. The molecule has 0 aliphatic carbocycles. The van der Waals surface area contributed by atoms with Gasteiger partial charge in [-0.3, -0.25) is 10.1 Å². The summed E-state index contributed by atoms with van der Waals surface area (Å²) in [6, 6.07) is 12.7. The zero-order valence-electron chi connectivity index (χ0n) is 14.2. The van der Waals surface area contributed by atoms with Crippen molar-refractivity contribution in [2.24, 2.45) is 0 Å². The number of carbonyl (C=O) groups excluding carboxylic acids is 2. The molecule has 7 heteroatoms. The molecule has 1 unspecified atom stereocenters. The van der Waals surface area contributed by atoms with E-state index in [1.165, 1.54) is 60.7 Å². The average molecular weight is 387 g/mol. The van der Waals surface area contributed by atoms with Crippen molar-refractivity contribution in [3.8, 4) is 0 Å². The summed E-state index contributed by atoms with van der Waals surface area (Å²) in [6.45, 7) is 1.39. The summed E-state index contributed by atoms with van der Waals surface area (Å²) in [4.78, 5) is 24.4. The molecule has 0 radical (unpaired) electrons. The predicted octanol–water partition coefficient (Wildman–Crippen LogP) is 5.57. The zero-order valence-corrected chi connectivity index (χ0v) is 15.1. The molecule has 0 spiro atoms. The van der Waals surface area contributed by atoms with Crippen LogP contribution in [0.15, 0.2) is 60.0 Å². The van der Waals surface area contributed by atoms with Crippen LogP contribution in [0.1, 0.15) is 33.8 Å². The maximum absolute atomic E-state index is 14.3. The van der Waals surface area contributed by atoms with Crippen LogP contribution in [0.2, 0.25) is 0 Å². The van der Waals surface area contributed by atoms with E-state index in [2.05, 4.69) is 5.32 Å². The van der Waals surface area contributed by atoms with Gasteiger partial charge in [-0.1, -0.05) is 30.3 Å². The van der Waals surface area contributed by atoms with Gasteiger partial charge >= 0.3 is 6.09 Å². The van der Waals surface area contributed by atoms with Crippen molar-refractivity contribution < 1.29 is 23.1 Å². The van der Waals surface area contributed by atoms with Crippen LogP contribution < -0.4 is 5.32 Å². The summed E-state index contributed by atoms with van der Waals surface area (Å²) in [7, 11) is 0. The molecular formula is C20H15F2NO3S. The van der Waals surface area contributed by atoms with Gasteiger partial charge in [0.15, 0.2) is 11.9 Å². The summed E-state index contributed by atoms with van der Waals surface area (Å²) >= 11 is 1.19. The lowest BCUT2D eigenvalue weighted by atomic mass is 10.0. The van der Waals surface area contributed by atoms with Gasteiger partial charge in [-0.2, -0.15) is 0 Å². The van der Waals surface area contributed by atoms with Gasteiger partial charge in [-0.25, -0.2) is 13.6 Å². The van der Waals surface area contributed by atoms with E-state index in [-0.39, 0.29) is 11.3 Å². The van der Waals surface area contributed by atoms with E-state index in [4.69, 9.17) is 4.74 Å². The van der Waals surface area contributed by atoms with Gasteiger partial charge in [0.05, 0.1) is 10.6 Å². The number of Topliss-reactive ketones (excluding diaryl/α,β-unsaturated/α-hetero) is 1. The number of benzene rings is 2. The van der Waals surface area contributed by atoms with Gasteiger partial charge in [-0.15, -0.1) is 11.3 Å². The van der Waals surface area contributed by atoms with Crippen LogP contribution >= 0.6 is 11.3 Å². The second-order valence-electron chi connectivity index (χ2n) is 5.70. The molecule has 0 bridgehead atoms. The summed E-state index contributed by atoms with van der Waals surface area (Å²) in [5, 5.41) is 4.17. The molecule has 0 fully saturated rings. The third-order valence-electron chi connectivity index (χ3n) is 3.81. The Labute approximate surface area is 158 Å². The Bertz CT molecular complexity index is 969. The number of hydrogen-bond donors (Lipinski definition) is 1. The highest BCUT2D eigenvalue weighted by Crippen LogP contribution is 2.30. The highest BCUT2D eigenvalue weighted by atomic mass is 32.1. The van der Waals surface area contributed by atoms with E-state index in [1.54, 1.807) is 17.5 Å². The van der Waals surface area contributed by atoms with E-state index in [1.807, 2.05) is 0 Å². The van der Waals surface area contributed by atoms with Crippen molar-refractivity contribution in [2.45, 2.75) is 13.0 Å². The van der Waals surface area contributed by atoms with Crippen LogP contribution in [-0.2, 0) is 4.74 Å². The van der Waals surface area contributed by atoms with Gasteiger partial charge in [-0.05, 0) is 35.2 Å². The topological polar surface area (TPSA) is 55.4 Å². The molecule has 1 N–H and O–H groups in total. The molecule has 1 heterocycles. The van der Waals surface area contributed by atoms with Gasteiger partial charge < -0.3 is 4.74 Å². The SMILES string of the molecule is CC(=O)c1sccc1NC(=O)OC(c1ccc(F)cc1)c1ccccc1F. The first-order valence-corrected chi connectivity index (χ1v) is 8.89. The van der Waals surface area contributed by atoms with Gasteiger partial charge in [0.1, 0.15) is 11.6 Å². The monoisotopic (exact) mass is 387 g/mol. The number of ether oxygens (including phenoxy) is 1. The van der Waals surface area contributed by atoms with E-state index >= 15 is 0 Å². The van der Waals surface area contributed by atoms with E-state index in [0.29, 0.717) is 16.1 Å². The number of hydrogen-bond acceptors (Lipinski definition) is 4. The third-order valence-corrected chi connectivity index (χ3v) is 4.82. The molecule has 3 aromatic rings. The largest absolute Gasteiger partial charge is 0.436 e. The van der Waals surface area contributed by atoms with Crippen molar-refractivity contribution in [2.75, 3.05) is 5.32 Å². The van der Waals surface area contributed by atoms with Gasteiger partial charge in [0.2, 0.25) is 0 Å². The van der Waals surface area contributed by atoms with Crippen molar-refractivity contribution in [3.63, 3.8) is 0 Å². The van der Waals surface area contributed by atoms with Gasteiger partial charge in [0, 0.05) is 12.5 Å². The molecule has 0 aliphatic heterocycles. The first-order chi connectivity index (χ1) is 13.0. The molecular weight excluding hydrogens is 372 g/mol. The molecule has 1 amide bonds. The third kappa shape index (κ3) is 4.38. The van der Waals surface area contributed by atoms with Crippen molar-refractivity contribution in [3.05, 3.63) is 87.6 Å². The smallest absolute Gasteiger partial charge is 0.412 e. The fourth-order valence-electron chi connectivity index (χ4n) is 2.56. The Balaban J connectivity index is 1.88. The number of carbonyl (C=O) groups is 2. The fraction of sp³-hybridized carbons (Fsp3) is 0.100. The maximum atomic E-state index is 14.3. The predicted molar refractivity (Wildman–Crippen MR) is 99.1 cm³/mol. The summed E-state index contributed by atoms with van der Waals surface area (Å²) in [5.74, 6) is -1.20. The van der Waals surface area contributed by atoms with Crippen LogP contribution in [0.5, 0.6) is 0 Å². The van der Waals surface area contributed by atoms with Crippen molar-refractivity contribution >= 4 is 28.9 Å². The standard InChI is InChI=1S/C20H15F2NO3S/c1-12(24)19-17(10-11-27-19)23-20(25)26-18(13-6-8-14(21)9-7-13)15-4-2-3-5-16(15)22/h2-11,18H,1H3,(H,23,25). The minimum atomic E-state index is -1.08. The minimum Gasteiger partial charge on any atom is -0.436 e. The second kappa shape index (κ2) is 8.09. The Morgan fingerprint density at radius 3 is 2.41 bits per heavy atom. The summed E-state index contributed by atoms with van der Waals surface area (Å²) in [6.07, 6.45) is -1.93. The number of ketones is 1. The zero-order chi connectivity index (χ0) is 19.4. The molecule has 1 aromatic heterocycles. The lowest BCUT2D eigenvalue weighted by Gasteiger charge is -2.19. The Kier molecular flexibility index (Phi) is 5.61. The highest BCUT2D eigenvalue weighted by Gasteiger charge is 2.23. The number of anilines is 1. The molecule has 0 saturated heterocycles. The molecule has 2 aromatic carbocycles. The second-order valence-corrected chi connectivity index (χ2v) is 6.62. The van der Waals surface area contributed by atoms with Crippen molar-refractivity contribution in [1.29, 1.82) is 0 Å².